The first-order valence-electron chi connectivity index (χ1n) is 13.4. The SMILES string of the molecule is CC(C)C1(C(C)C)COC1.CC(C)C1(C(C)C)OCCCO1.CC(C)C1(C(C)C)OCCO1. The van der Waals surface area contributed by atoms with Gasteiger partial charge in [0.25, 0.3) is 0 Å². The summed E-state index contributed by atoms with van der Waals surface area (Å²) >= 11 is 0. The molecule has 0 radical (unpaired) electrons. The Kier molecular flexibility index (Phi) is 12.3. The second-order valence-corrected chi connectivity index (χ2v) is 11.8. The van der Waals surface area contributed by atoms with Crippen LogP contribution in [0.15, 0.2) is 0 Å². The molecule has 5 heteroatoms. The fourth-order valence-electron chi connectivity index (χ4n) is 5.35. The topological polar surface area (TPSA) is 46.2 Å². The number of rotatable bonds is 6. The van der Waals surface area contributed by atoms with Gasteiger partial charge in [-0.05, 0) is 18.3 Å². The highest BCUT2D eigenvalue weighted by Gasteiger charge is 2.44. The van der Waals surface area contributed by atoms with Crippen molar-refractivity contribution in [1.29, 1.82) is 0 Å². The Balaban J connectivity index is 0.000000249. The summed E-state index contributed by atoms with van der Waals surface area (Å²) < 4.78 is 28.1. The fourth-order valence-corrected chi connectivity index (χ4v) is 5.35. The van der Waals surface area contributed by atoms with Gasteiger partial charge in [-0.15, -0.1) is 0 Å². The molecule has 3 saturated heterocycles. The number of hydrogen-bond acceptors (Lipinski definition) is 5. The normalized spacial score (nSPS) is 23.5. The van der Waals surface area contributed by atoms with Crippen molar-refractivity contribution in [3.63, 3.8) is 0 Å². The Labute approximate surface area is 205 Å². The van der Waals surface area contributed by atoms with Crippen LogP contribution in [0.2, 0.25) is 0 Å². The monoisotopic (exact) mass is 472 g/mol. The zero-order chi connectivity index (χ0) is 25.4. The van der Waals surface area contributed by atoms with E-state index in [1.165, 1.54) is 0 Å². The Morgan fingerprint density at radius 1 is 0.424 bits per heavy atom. The molecule has 3 aliphatic heterocycles. The lowest BCUT2D eigenvalue weighted by Crippen LogP contribution is -2.50. The van der Waals surface area contributed by atoms with E-state index in [1.54, 1.807) is 0 Å². The Bertz CT molecular complexity index is 492. The largest absolute Gasteiger partial charge is 0.380 e. The molecule has 0 aromatic carbocycles. The van der Waals surface area contributed by atoms with Gasteiger partial charge in [-0.3, -0.25) is 0 Å². The average Bonchev–Trinajstić information content (AvgIpc) is 3.19. The zero-order valence-electron chi connectivity index (χ0n) is 24.0. The molecule has 0 aliphatic carbocycles. The molecule has 198 valence electrons. The standard InChI is InChI=1S/C10H20O2.C9H18O2.C9H18O/c1-8(2)10(9(3)4)11-6-5-7-12-10;1-7(2)9(8(3)4)10-5-6-11-9;1-7(2)9(8(3)4)5-10-6-9/h8-9H,5-7H2,1-4H3;7-8H,5-6H2,1-4H3;7-8H,5-6H2,1-4H3. The first-order valence-corrected chi connectivity index (χ1v) is 13.4. The second-order valence-electron chi connectivity index (χ2n) is 11.8. The third-order valence-electron chi connectivity index (χ3n) is 7.94. The van der Waals surface area contributed by atoms with Crippen molar-refractivity contribution < 1.29 is 23.7 Å². The van der Waals surface area contributed by atoms with Crippen LogP contribution in [0, 0.1) is 40.9 Å². The summed E-state index contributed by atoms with van der Waals surface area (Å²) in [5, 5.41) is 0. The van der Waals surface area contributed by atoms with Crippen molar-refractivity contribution in [3.8, 4) is 0 Å². The fraction of sp³-hybridized carbons (Fsp3) is 1.00. The molecule has 33 heavy (non-hydrogen) atoms. The van der Waals surface area contributed by atoms with E-state index in [-0.39, 0.29) is 11.6 Å². The summed E-state index contributed by atoms with van der Waals surface area (Å²) in [6, 6.07) is 0. The summed E-state index contributed by atoms with van der Waals surface area (Å²) in [6.45, 7) is 31.5. The molecule has 0 bridgehead atoms. The first kappa shape index (κ1) is 30.8. The smallest absolute Gasteiger partial charge is 0.172 e. The van der Waals surface area contributed by atoms with E-state index in [4.69, 9.17) is 23.7 Å². The van der Waals surface area contributed by atoms with Crippen molar-refractivity contribution in [3.05, 3.63) is 0 Å². The molecule has 0 saturated carbocycles. The maximum atomic E-state index is 5.77. The molecular formula is C28H56O5. The summed E-state index contributed by atoms with van der Waals surface area (Å²) in [5.41, 5.74) is 0.500. The maximum absolute atomic E-state index is 5.77. The Hall–Kier alpha value is -0.200. The van der Waals surface area contributed by atoms with E-state index < -0.39 is 0 Å². The predicted molar refractivity (Wildman–Crippen MR) is 136 cm³/mol. The molecule has 0 spiro atoms. The van der Waals surface area contributed by atoms with Crippen LogP contribution >= 0.6 is 0 Å². The van der Waals surface area contributed by atoms with Crippen molar-refractivity contribution in [2.24, 2.45) is 40.9 Å². The minimum atomic E-state index is -0.321. The summed E-state index contributed by atoms with van der Waals surface area (Å²) in [6.07, 6.45) is 1.03. The minimum absolute atomic E-state index is 0.306. The van der Waals surface area contributed by atoms with Crippen molar-refractivity contribution >= 4 is 0 Å². The van der Waals surface area contributed by atoms with Gasteiger partial charge in [0, 0.05) is 29.1 Å². The average molecular weight is 473 g/mol. The van der Waals surface area contributed by atoms with Gasteiger partial charge < -0.3 is 23.7 Å². The quantitative estimate of drug-likeness (QED) is 0.426. The van der Waals surface area contributed by atoms with Gasteiger partial charge in [-0.1, -0.05) is 83.1 Å². The van der Waals surface area contributed by atoms with Gasteiger partial charge >= 0.3 is 0 Å². The Morgan fingerprint density at radius 2 is 0.727 bits per heavy atom. The molecule has 0 unspecified atom stereocenters. The lowest BCUT2D eigenvalue weighted by atomic mass is 9.67. The summed E-state index contributed by atoms with van der Waals surface area (Å²) in [7, 11) is 0. The van der Waals surface area contributed by atoms with E-state index in [2.05, 4.69) is 83.1 Å². The molecule has 5 nitrogen and oxygen atoms in total. The summed E-state index contributed by atoms with van der Waals surface area (Å²) in [5.74, 6) is 2.63. The van der Waals surface area contributed by atoms with Gasteiger partial charge in [0.15, 0.2) is 11.6 Å². The molecule has 0 atom stereocenters. The van der Waals surface area contributed by atoms with Gasteiger partial charge in [-0.25, -0.2) is 0 Å². The predicted octanol–water partition coefficient (Wildman–Crippen LogP) is 6.79. The zero-order valence-corrected chi connectivity index (χ0v) is 24.0. The van der Waals surface area contributed by atoms with Gasteiger partial charge in [0.2, 0.25) is 0 Å². The lowest BCUT2D eigenvalue weighted by Gasteiger charge is -2.48. The molecule has 3 fully saturated rings. The molecule has 0 amide bonds. The molecule has 3 rings (SSSR count). The van der Waals surface area contributed by atoms with Crippen LogP contribution in [0.4, 0.5) is 0 Å². The van der Waals surface area contributed by atoms with Crippen LogP contribution in [0.3, 0.4) is 0 Å². The number of ether oxygens (including phenoxy) is 5. The molecular weight excluding hydrogens is 416 g/mol. The molecule has 0 N–H and O–H groups in total. The maximum Gasteiger partial charge on any atom is 0.172 e. The molecule has 3 aliphatic rings. The van der Waals surface area contributed by atoms with E-state index in [0.29, 0.717) is 29.1 Å². The van der Waals surface area contributed by atoms with Crippen LogP contribution in [-0.4, -0.2) is 51.2 Å². The highest BCUT2D eigenvalue weighted by atomic mass is 16.7. The van der Waals surface area contributed by atoms with Gasteiger partial charge in [0.05, 0.1) is 39.6 Å². The minimum Gasteiger partial charge on any atom is -0.380 e. The van der Waals surface area contributed by atoms with Crippen molar-refractivity contribution in [2.45, 2.75) is 101 Å². The third-order valence-corrected chi connectivity index (χ3v) is 7.94. The number of hydrogen-bond donors (Lipinski definition) is 0. The molecule has 0 aromatic heterocycles. The molecule has 3 heterocycles. The van der Waals surface area contributed by atoms with Crippen molar-refractivity contribution in [1.82, 2.24) is 0 Å². The summed E-state index contributed by atoms with van der Waals surface area (Å²) in [4.78, 5) is 0. The van der Waals surface area contributed by atoms with E-state index in [9.17, 15) is 0 Å². The van der Waals surface area contributed by atoms with Crippen molar-refractivity contribution in [2.75, 3.05) is 39.6 Å². The van der Waals surface area contributed by atoms with Crippen LogP contribution in [-0.2, 0) is 23.7 Å². The molecule has 0 aromatic rings. The third kappa shape index (κ3) is 7.16. The van der Waals surface area contributed by atoms with Crippen LogP contribution < -0.4 is 0 Å². The highest BCUT2D eigenvalue weighted by molar-refractivity contribution is 4.90. The Morgan fingerprint density at radius 3 is 0.879 bits per heavy atom. The van der Waals surface area contributed by atoms with Gasteiger partial charge in [0.1, 0.15) is 0 Å². The lowest BCUT2D eigenvalue weighted by molar-refractivity contribution is -0.310. The first-order chi connectivity index (χ1) is 15.3. The second kappa shape index (κ2) is 13.2. The van der Waals surface area contributed by atoms with E-state index >= 15 is 0 Å². The van der Waals surface area contributed by atoms with Crippen LogP contribution in [0.25, 0.3) is 0 Å². The highest BCUT2D eigenvalue weighted by Crippen LogP contribution is 2.42. The van der Waals surface area contributed by atoms with Crippen LogP contribution in [0.1, 0.15) is 89.5 Å². The van der Waals surface area contributed by atoms with Gasteiger partial charge in [-0.2, -0.15) is 0 Å². The van der Waals surface area contributed by atoms with E-state index in [0.717, 1.165) is 57.9 Å². The van der Waals surface area contributed by atoms with E-state index in [1.807, 2.05) is 0 Å². The van der Waals surface area contributed by atoms with Crippen LogP contribution in [0.5, 0.6) is 0 Å².